The average Bonchev–Trinajstić information content (AvgIpc) is 2.45. The quantitative estimate of drug-likeness (QED) is 0.608. The van der Waals surface area contributed by atoms with Crippen LogP contribution in [-0.4, -0.2) is 31.2 Å². The van der Waals surface area contributed by atoms with Crippen LogP contribution >= 0.6 is 11.8 Å². The second kappa shape index (κ2) is 7.29. The summed E-state index contributed by atoms with van der Waals surface area (Å²) in [4.78, 5) is 3.57. The van der Waals surface area contributed by atoms with E-state index in [9.17, 15) is 0 Å². The summed E-state index contributed by atoms with van der Waals surface area (Å²) < 4.78 is 5.32. The molecule has 1 saturated heterocycles. The van der Waals surface area contributed by atoms with Gasteiger partial charge in [-0.05, 0) is 42.3 Å². The predicted molar refractivity (Wildman–Crippen MR) is 77.6 cm³/mol. The number of thioether (sulfide) groups is 1. The SMILES string of the molecule is CC(/C=C/N1CCOCC1)=C\Sc1ccccc1. The standard InChI is InChI=1S/C15H19NOS/c1-14(7-8-16-9-11-17-12-10-16)13-18-15-5-3-2-4-6-15/h2-8,13H,9-12H2,1H3/b8-7+,14-13+. The van der Waals surface area contributed by atoms with Crippen molar-refractivity contribution < 1.29 is 4.74 Å². The van der Waals surface area contributed by atoms with E-state index in [1.165, 1.54) is 10.5 Å². The van der Waals surface area contributed by atoms with Crippen LogP contribution in [0, 0.1) is 0 Å². The third-order valence-electron chi connectivity index (χ3n) is 2.72. The summed E-state index contributed by atoms with van der Waals surface area (Å²) in [6, 6.07) is 10.4. The van der Waals surface area contributed by atoms with Gasteiger partial charge in [0.05, 0.1) is 13.2 Å². The minimum Gasteiger partial charge on any atom is -0.378 e. The van der Waals surface area contributed by atoms with Gasteiger partial charge < -0.3 is 9.64 Å². The van der Waals surface area contributed by atoms with Crippen molar-refractivity contribution in [2.45, 2.75) is 11.8 Å². The molecule has 1 aliphatic rings. The number of hydrogen-bond donors (Lipinski definition) is 0. The van der Waals surface area contributed by atoms with E-state index >= 15 is 0 Å². The lowest BCUT2D eigenvalue weighted by atomic mass is 10.3. The van der Waals surface area contributed by atoms with Crippen molar-refractivity contribution in [2.24, 2.45) is 0 Å². The highest BCUT2D eigenvalue weighted by atomic mass is 32.2. The van der Waals surface area contributed by atoms with E-state index in [0.29, 0.717) is 0 Å². The van der Waals surface area contributed by atoms with E-state index < -0.39 is 0 Å². The molecule has 1 aliphatic heterocycles. The number of rotatable bonds is 4. The number of nitrogens with zero attached hydrogens (tertiary/aromatic N) is 1. The normalized spacial score (nSPS) is 17.4. The molecular weight excluding hydrogens is 242 g/mol. The van der Waals surface area contributed by atoms with Gasteiger partial charge >= 0.3 is 0 Å². The number of morpholine rings is 1. The molecule has 0 aromatic heterocycles. The Hall–Kier alpha value is -1.19. The fourth-order valence-corrected chi connectivity index (χ4v) is 2.36. The van der Waals surface area contributed by atoms with Crippen molar-refractivity contribution in [1.82, 2.24) is 4.90 Å². The molecule has 0 radical (unpaired) electrons. The molecule has 3 heteroatoms. The minimum absolute atomic E-state index is 0.839. The Bertz CT molecular complexity index is 408. The summed E-state index contributed by atoms with van der Waals surface area (Å²) in [5.74, 6) is 0. The van der Waals surface area contributed by atoms with Crippen molar-refractivity contribution in [3.8, 4) is 0 Å². The third-order valence-corrected chi connectivity index (χ3v) is 3.75. The van der Waals surface area contributed by atoms with Gasteiger partial charge in [-0.15, -0.1) is 0 Å². The molecule has 1 aromatic carbocycles. The summed E-state index contributed by atoms with van der Waals surface area (Å²) in [5, 5.41) is 2.19. The molecule has 96 valence electrons. The number of ether oxygens (including phenoxy) is 1. The van der Waals surface area contributed by atoms with Gasteiger partial charge in [-0.1, -0.05) is 30.0 Å². The van der Waals surface area contributed by atoms with Crippen LogP contribution in [0.3, 0.4) is 0 Å². The Balaban J connectivity index is 1.83. The van der Waals surface area contributed by atoms with Gasteiger partial charge in [0.2, 0.25) is 0 Å². The van der Waals surface area contributed by atoms with Crippen molar-refractivity contribution in [3.05, 3.63) is 53.6 Å². The first-order chi connectivity index (χ1) is 8.84. The zero-order valence-electron chi connectivity index (χ0n) is 10.7. The molecule has 0 N–H and O–H groups in total. The summed E-state index contributed by atoms with van der Waals surface area (Å²) in [6.07, 6.45) is 4.33. The van der Waals surface area contributed by atoms with E-state index in [1.807, 2.05) is 6.07 Å². The van der Waals surface area contributed by atoms with Crippen molar-refractivity contribution in [2.75, 3.05) is 26.3 Å². The lowest BCUT2D eigenvalue weighted by molar-refractivity contribution is 0.0594. The van der Waals surface area contributed by atoms with Crippen LogP contribution < -0.4 is 0 Å². The Kier molecular flexibility index (Phi) is 5.36. The average molecular weight is 261 g/mol. The fraction of sp³-hybridized carbons (Fsp3) is 0.333. The molecule has 2 rings (SSSR count). The highest BCUT2D eigenvalue weighted by Gasteiger charge is 2.04. The van der Waals surface area contributed by atoms with Gasteiger partial charge in [-0.2, -0.15) is 0 Å². The molecule has 0 atom stereocenters. The van der Waals surface area contributed by atoms with Crippen molar-refractivity contribution in [3.63, 3.8) is 0 Å². The van der Waals surface area contributed by atoms with Crippen LogP contribution in [0.1, 0.15) is 6.92 Å². The Morgan fingerprint density at radius 3 is 2.67 bits per heavy atom. The van der Waals surface area contributed by atoms with Crippen LogP contribution in [0.15, 0.2) is 58.5 Å². The Morgan fingerprint density at radius 1 is 1.22 bits per heavy atom. The maximum Gasteiger partial charge on any atom is 0.0642 e. The van der Waals surface area contributed by atoms with Crippen molar-refractivity contribution >= 4 is 11.8 Å². The molecule has 0 aliphatic carbocycles. The first-order valence-corrected chi connectivity index (χ1v) is 7.11. The molecule has 18 heavy (non-hydrogen) atoms. The fourth-order valence-electron chi connectivity index (χ4n) is 1.65. The molecule has 0 saturated carbocycles. The lowest BCUT2D eigenvalue weighted by Crippen LogP contribution is -2.31. The molecule has 1 aromatic rings. The highest BCUT2D eigenvalue weighted by molar-refractivity contribution is 8.02. The van der Waals surface area contributed by atoms with Gasteiger partial charge in [-0.25, -0.2) is 0 Å². The zero-order chi connectivity index (χ0) is 12.6. The van der Waals surface area contributed by atoms with E-state index in [1.54, 1.807) is 11.8 Å². The van der Waals surface area contributed by atoms with E-state index in [2.05, 4.69) is 53.8 Å². The molecule has 0 unspecified atom stereocenters. The lowest BCUT2D eigenvalue weighted by Gasteiger charge is -2.25. The van der Waals surface area contributed by atoms with Gasteiger partial charge in [-0.3, -0.25) is 0 Å². The van der Waals surface area contributed by atoms with Gasteiger partial charge in [0, 0.05) is 18.0 Å². The predicted octanol–water partition coefficient (Wildman–Crippen LogP) is 3.53. The van der Waals surface area contributed by atoms with Crippen LogP contribution in [-0.2, 0) is 4.74 Å². The van der Waals surface area contributed by atoms with Crippen LogP contribution in [0.2, 0.25) is 0 Å². The number of benzene rings is 1. The summed E-state index contributed by atoms with van der Waals surface area (Å²) in [5.41, 5.74) is 1.27. The molecule has 0 bridgehead atoms. The van der Waals surface area contributed by atoms with Gasteiger partial charge in [0.15, 0.2) is 0 Å². The summed E-state index contributed by atoms with van der Waals surface area (Å²) in [6.45, 7) is 5.80. The van der Waals surface area contributed by atoms with Gasteiger partial charge in [0.25, 0.3) is 0 Å². The van der Waals surface area contributed by atoms with Crippen LogP contribution in [0.5, 0.6) is 0 Å². The Labute approximate surface area is 113 Å². The number of hydrogen-bond acceptors (Lipinski definition) is 3. The topological polar surface area (TPSA) is 12.5 Å². The molecule has 2 nitrogen and oxygen atoms in total. The van der Waals surface area contributed by atoms with Gasteiger partial charge in [0.1, 0.15) is 0 Å². The Morgan fingerprint density at radius 2 is 1.94 bits per heavy atom. The van der Waals surface area contributed by atoms with E-state index in [4.69, 9.17) is 4.74 Å². The molecule has 0 spiro atoms. The van der Waals surface area contributed by atoms with E-state index in [-0.39, 0.29) is 0 Å². The minimum atomic E-state index is 0.839. The summed E-state index contributed by atoms with van der Waals surface area (Å²) in [7, 11) is 0. The highest BCUT2D eigenvalue weighted by Crippen LogP contribution is 2.20. The molecular formula is C15H19NOS. The first-order valence-electron chi connectivity index (χ1n) is 6.23. The maximum atomic E-state index is 5.32. The van der Waals surface area contributed by atoms with Crippen LogP contribution in [0.4, 0.5) is 0 Å². The van der Waals surface area contributed by atoms with Crippen molar-refractivity contribution in [1.29, 1.82) is 0 Å². The monoisotopic (exact) mass is 261 g/mol. The van der Waals surface area contributed by atoms with E-state index in [0.717, 1.165) is 26.3 Å². The maximum absolute atomic E-state index is 5.32. The largest absolute Gasteiger partial charge is 0.378 e. The zero-order valence-corrected chi connectivity index (χ0v) is 11.5. The second-order valence-corrected chi connectivity index (χ2v) is 5.20. The molecule has 0 amide bonds. The first kappa shape index (κ1) is 13.2. The smallest absolute Gasteiger partial charge is 0.0642 e. The summed E-state index contributed by atoms with van der Waals surface area (Å²) >= 11 is 1.76. The molecule has 1 heterocycles. The van der Waals surface area contributed by atoms with Crippen LogP contribution in [0.25, 0.3) is 0 Å². The number of allylic oxidation sites excluding steroid dienone is 2. The third kappa shape index (κ3) is 4.59. The molecule has 1 fully saturated rings. The second-order valence-electron chi connectivity index (χ2n) is 4.26.